The van der Waals surface area contributed by atoms with Gasteiger partial charge in [-0.2, -0.15) is 14.7 Å². The summed E-state index contributed by atoms with van der Waals surface area (Å²) < 4.78 is 14.6. The smallest absolute Gasteiger partial charge is 0.410 e. The number of ether oxygens (including phenoxy) is 2. The van der Waals surface area contributed by atoms with E-state index in [0.717, 1.165) is 29.7 Å². The molecule has 1 aliphatic rings. The summed E-state index contributed by atoms with van der Waals surface area (Å²) in [4.78, 5) is 19.3. The Morgan fingerprint density at radius 2 is 2.03 bits per heavy atom. The minimum Gasteiger partial charge on any atom is -0.481 e. The van der Waals surface area contributed by atoms with Crippen molar-refractivity contribution >= 4 is 11.7 Å². The van der Waals surface area contributed by atoms with Gasteiger partial charge in [-0.25, -0.2) is 9.78 Å². The van der Waals surface area contributed by atoms with Crippen molar-refractivity contribution in [3.63, 3.8) is 0 Å². The maximum atomic E-state index is 12.6. The number of methoxy groups -OCH3 is 1. The zero-order chi connectivity index (χ0) is 21.5. The van der Waals surface area contributed by atoms with Gasteiger partial charge in [-0.05, 0) is 33.6 Å². The van der Waals surface area contributed by atoms with Gasteiger partial charge in [0.2, 0.25) is 5.88 Å². The van der Waals surface area contributed by atoms with Crippen LogP contribution in [0.2, 0.25) is 0 Å². The molecule has 9 heteroatoms. The molecule has 0 saturated carbocycles. The van der Waals surface area contributed by atoms with Crippen LogP contribution in [-0.2, 0) is 11.8 Å². The van der Waals surface area contributed by atoms with Gasteiger partial charge in [0, 0.05) is 49.4 Å². The van der Waals surface area contributed by atoms with Crippen LogP contribution in [0.25, 0.3) is 16.8 Å². The zero-order valence-corrected chi connectivity index (χ0v) is 18.1. The Morgan fingerprint density at radius 1 is 1.23 bits per heavy atom. The van der Waals surface area contributed by atoms with Gasteiger partial charge in [0.15, 0.2) is 5.65 Å². The van der Waals surface area contributed by atoms with Crippen LogP contribution in [0.3, 0.4) is 0 Å². The number of likely N-dealkylation sites (tertiary alicyclic amines) is 1. The number of aromatic nitrogens is 5. The maximum absolute atomic E-state index is 12.6. The maximum Gasteiger partial charge on any atom is 0.410 e. The first-order valence-electron chi connectivity index (χ1n) is 10.1. The topological polar surface area (TPSA) is 86.8 Å². The first-order chi connectivity index (χ1) is 14.2. The lowest BCUT2D eigenvalue weighted by molar-refractivity contribution is 0.0197. The Balaban J connectivity index is 1.67. The lowest BCUT2D eigenvalue weighted by Crippen LogP contribution is -2.42. The predicted octanol–water partition coefficient (Wildman–Crippen LogP) is 3.25. The van der Waals surface area contributed by atoms with E-state index < -0.39 is 5.60 Å². The van der Waals surface area contributed by atoms with Crippen molar-refractivity contribution in [1.82, 2.24) is 29.3 Å². The Hall–Kier alpha value is -3.10. The summed E-state index contributed by atoms with van der Waals surface area (Å²) in [5.74, 6) is 0.710. The molecule has 160 valence electrons. The van der Waals surface area contributed by atoms with E-state index in [1.807, 2.05) is 40.1 Å². The molecule has 3 aromatic heterocycles. The minimum atomic E-state index is -0.513. The number of aryl methyl sites for hydroxylation is 1. The van der Waals surface area contributed by atoms with E-state index in [0.29, 0.717) is 24.6 Å². The van der Waals surface area contributed by atoms with Crippen LogP contribution in [0.1, 0.15) is 45.2 Å². The van der Waals surface area contributed by atoms with Crippen molar-refractivity contribution in [1.29, 1.82) is 0 Å². The molecule has 0 N–H and O–H groups in total. The molecular formula is C21H28N6O3. The molecule has 0 bridgehead atoms. The molecule has 30 heavy (non-hydrogen) atoms. The fourth-order valence-corrected chi connectivity index (χ4v) is 3.78. The predicted molar refractivity (Wildman–Crippen MR) is 112 cm³/mol. The third kappa shape index (κ3) is 3.96. The van der Waals surface area contributed by atoms with Crippen molar-refractivity contribution < 1.29 is 14.3 Å². The molecule has 4 rings (SSSR count). The molecule has 1 aliphatic heterocycles. The van der Waals surface area contributed by atoms with Gasteiger partial charge in [0.1, 0.15) is 5.60 Å². The molecule has 1 atom stereocenters. The molecular weight excluding hydrogens is 384 g/mol. The molecule has 1 saturated heterocycles. The summed E-state index contributed by atoms with van der Waals surface area (Å²) in [6.45, 7) is 6.90. The second-order valence-electron chi connectivity index (χ2n) is 8.69. The van der Waals surface area contributed by atoms with E-state index in [2.05, 4.69) is 10.2 Å². The van der Waals surface area contributed by atoms with Crippen molar-refractivity contribution in [2.75, 3.05) is 20.2 Å². The molecule has 0 aliphatic carbocycles. The van der Waals surface area contributed by atoms with Gasteiger partial charge in [-0.1, -0.05) is 0 Å². The lowest BCUT2D eigenvalue weighted by atomic mass is 9.94. The summed E-state index contributed by atoms with van der Waals surface area (Å²) in [5, 5.41) is 8.71. The molecule has 3 aromatic rings. The summed E-state index contributed by atoms with van der Waals surface area (Å²) in [6, 6.07) is 1.91. The van der Waals surface area contributed by atoms with E-state index in [9.17, 15) is 4.79 Å². The molecule has 0 aromatic carbocycles. The van der Waals surface area contributed by atoms with E-state index >= 15 is 0 Å². The number of carbonyl (C=O) groups excluding carboxylic acids is 1. The van der Waals surface area contributed by atoms with Gasteiger partial charge in [0.05, 0.1) is 25.2 Å². The largest absolute Gasteiger partial charge is 0.481 e. The Labute approximate surface area is 175 Å². The van der Waals surface area contributed by atoms with Gasteiger partial charge >= 0.3 is 6.09 Å². The van der Waals surface area contributed by atoms with Gasteiger partial charge in [-0.3, -0.25) is 4.68 Å². The highest BCUT2D eigenvalue weighted by Gasteiger charge is 2.30. The number of piperidine rings is 1. The van der Waals surface area contributed by atoms with Crippen molar-refractivity contribution in [3.05, 3.63) is 30.4 Å². The molecule has 1 amide bonds. The number of hydrogen-bond acceptors (Lipinski definition) is 6. The van der Waals surface area contributed by atoms with Gasteiger partial charge < -0.3 is 14.4 Å². The molecule has 0 radical (unpaired) electrons. The number of fused-ring (bicyclic) bond motifs is 1. The second-order valence-corrected chi connectivity index (χ2v) is 8.69. The molecule has 1 unspecified atom stereocenters. The van der Waals surface area contributed by atoms with Crippen LogP contribution in [0.15, 0.2) is 24.7 Å². The fraction of sp³-hybridized carbons (Fsp3) is 0.524. The summed E-state index contributed by atoms with van der Waals surface area (Å²) in [5.41, 5.74) is 2.92. The quantitative estimate of drug-likeness (QED) is 0.656. The SMILES string of the molecule is COc1cc(C2CCCN(C(=O)OC(C)(C)C)C2)nc2c(-c3cnn(C)c3)cnn12. The zero-order valence-electron chi connectivity index (χ0n) is 18.1. The third-order valence-electron chi connectivity index (χ3n) is 5.18. The Morgan fingerprint density at radius 3 is 2.70 bits per heavy atom. The van der Waals surface area contributed by atoms with Crippen LogP contribution >= 0.6 is 0 Å². The first-order valence-corrected chi connectivity index (χ1v) is 10.1. The first kappa shape index (κ1) is 20.2. The van der Waals surface area contributed by atoms with E-state index in [4.69, 9.17) is 14.5 Å². The van der Waals surface area contributed by atoms with Crippen molar-refractivity contribution in [2.45, 2.75) is 45.1 Å². The van der Waals surface area contributed by atoms with Crippen LogP contribution in [0, 0.1) is 0 Å². The standard InChI is InChI=1S/C21H28N6O3/c1-21(2,3)30-20(28)26-8-6-7-14(13-26)17-9-18(29-5)27-19(24-17)16(11-23-27)15-10-22-25(4)12-15/h9-12,14H,6-8,13H2,1-5H3. The lowest BCUT2D eigenvalue weighted by Gasteiger charge is -2.34. The fourth-order valence-electron chi connectivity index (χ4n) is 3.78. The Bertz CT molecular complexity index is 1060. The van der Waals surface area contributed by atoms with Gasteiger partial charge in [0.25, 0.3) is 0 Å². The van der Waals surface area contributed by atoms with Crippen LogP contribution in [0.5, 0.6) is 5.88 Å². The van der Waals surface area contributed by atoms with Crippen LogP contribution in [-0.4, -0.2) is 61.2 Å². The number of hydrogen-bond donors (Lipinski definition) is 0. The molecule has 4 heterocycles. The average Bonchev–Trinajstić information content (AvgIpc) is 3.31. The summed E-state index contributed by atoms with van der Waals surface area (Å²) >= 11 is 0. The number of carbonyl (C=O) groups is 1. The van der Waals surface area contributed by atoms with Crippen LogP contribution < -0.4 is 4.74 Å². The average molecular weight is 412 g/mol. The Kier molecular flexibility index (Phi) is 5.13. The van der Waals surface area contributed by atoms with Crippen LogP contribution in [0.4, 0.5) is 4.79 Å². The molecule has 9 nitrogen and oxygen atoms in total. The molecule has 0 spiro atoms. The van der Waals surface area contributed by atoms with Crippen molar-refractivity contribution in [2.24, 2.45) is 7.05 Å². The van der Waals surface area contributed by atoms with E-state index in [1.165, 1.54) is 0 Å². The molecule has 1 fully saturated rings. The number of nitrogens with zero attached hydrogens (tertiary/aromatic N) is 6. The summed E-state index contributed by atoms with van der Waals surface area (Å²) in [6.07, 6.45) is 7.07. The third-order valence-corrected chi connectivity index (χ3v) is 5.18. The van der Waals surface area contributed by atoms with E-state index in [1.54, 1.807) is 33.6 Å². The normalized spacial score (nSPS) is 17.4. The number of amides is 1. The second kappa shape index (κ2) is 7.62. The number of rotatable bonds is 3. The highest BCUT2D eigenvalue weighted by Crippen LogP contribution is 2.32. The highest BCUT2D eigenvalue weighted by atomic mass is 16.6. The summed E-state index contributed by atoms with van der Waals surface area (Å²) in [7, 11) is 3.50. The van der Waals surface area contributed by atoms with Gasteiger partial charge in [-0.15, -0.1) is 0 Å². The van der Waals surface area contributed by atoms with Crippen molar-refractivity contribution in [3.8, 4) is 17.0 Å². The highest BCUT2D eigenvalue weighted by molar-refractivity contribution is 5.76. The monoisotopic (exact) mass is 412 g/mol. The van der Waals surface area contributed by atoms with E-state index in [-0.39, 0.29) is 12.0 Å². The minimum absolute atomic E-state index is 0.0989.